The van der Waals surface area contributed by atoms with Crippen LogP contribution in [0.1, 0.15) is 25.0 Å². The predicted molar refractivity (Wildman–Crippen MR) is 86.0 cm³/mol. The second-order valence-electron chi connectivity index (χ2n) is 5.79. The smallest absolute Gasteiger partial charge is 0.207 e. The van der Waals surface area contributed by atoms with E-state index in [9.17, 15) is 12.8 Å². The largest absolute Gasteiger partial charge is 0.243 e. The Balaban J connectivity index is 2.42. The SMILES string of the molecule is Cc1cc(S(=O)(=O)N2CCSC(C)(C)C2)cc(CCl)c1F. The summed E-state index contributed by atoms with van der Waals surface area (Å²) in [6.45, 7) is 6.54. The summed E-state index contributed by atoms with van der Waals surface area (Å²) in [6, 6.07) is 2.73. The lowest BCUT2D eigenvalue weighted by Gasteiger charge is -2.36. The second-order valence-corrected chi connectivity index (χ2v) is 9.80. The molecule has 0 amide bonds. The number of rotatable bonds is 3. The number of nitrogens with zero attached hydrogens (tertiary/aromatic N) is 1. The van der Waals surface area contributed by atoms with Gasteiger partial charge in [0, 0.05) is 29.2 Å². The predicted octanol–water partition coefficient (Wildman–Crippen LogP) is 3.39. The van der Waals surface area contributed by atoms with E-state index in [0.717, 1.165) is 5.75 Å². The molecule has 0 bridgehead atoms. The number of thioether (sulfide) groups is 1. The maximum Gasteiger partial charge on any atom is 0.243 e. The lowest BCUT2D eigenvalue weighted by molar-refractivity contribution is 0.387. The van der Waals surface area contributed by atoms with Crippen LogP contribution in [0.25, 0.3) is 0 Å². The quantitative estimate of drug-likeness (QED) is 0.783. The van der Waals surface area contributed by atoms with Crippen LogP contribution in [-0.4, -0.2) is 36.3 Å². The van der Waals surface area contributed by atoms with Crippen molar-refractivity contribution in [1.29, 1.82) is 0 Å². The van der Waals surface area contributed by atoms with Crippen LogP contribution in [0.2, 0.25) is 0 Å². The van der Waals surface area contributed by atoms with Crippen LogP contribution in [0.5, 0.6) is 0 Å². The van der Waals surface area contributed by atoms with E-state index < -0.39 is 15.8 Å². The zero-order chi connectivity index (χ0) is 15.8. The van der Waals surface area contributed by atoms with E-state index in [1.807, 2.05) is 13.8 Å². The fraction of sp³-hybridized carbons (Fsp3) is 0.571. The van der Waals surface area contributed by atoms with Crippen molar-refractivity contribution < 1.29 is 12.8 Å². The van der Waals surface area contributed by atoms with E-state index in [0.29, 0.717) is 18.7 Å². The molecule has 0 atom stereocenters. The lowest BCUT2D eigenvalue weighted by Crippen LogP contribution is -2.46. The Bertz CT molecular complexity index is 647. The van der Waals surface area contributed by atoms with Gasteiger partial charge in [0.15, 0.2) is 0 Å². The first-order valence-electron chi connectivity index (χ1n) is 6.66. The number of hydrogen-bond donors (Lipinski definition) is 0. The molecule has 0 saturated carbocycles. The number of aryl methyl sites for hydroxylation is 1. The van der Waals surface area contributed by atoms with Crippen molar-refractivity contribution >= 4 is 33.4 Å². The van der Waals surface area contributed by atoms with Crippen LogP contribution >= 0.6 is 23.4 Å². The molecule has 1 aromatic carbocycles. The minimum atomic E-state index is -3.61. The highest BCUT2D eigenvalue weighted by Gasteiger charge is 2.35. The Morgan fingerprint density at radius 2 is 2.10 bits per heavy atom. The van der Waals surface area contributed by atoms with Crippen LogP contribution < -0.4 is 0 Å². The number of benzene rings is 1. The number of alkyl halides is 1. The summed E-state index contributed by atoms with van der Waals surface area (Å²) in [6.07, 6.45) is 0. The van der Waals surface area contributed by atoms with Crippen LogP contribution in [-0.2, 0) is 15.9 Å². The molecule has 0 radical (unpaired) electrons. The molecular weight excluding hydrogens is 333 g/mol. The van der Waals surface area contributed by atoms with Crippen molar-refractivity contribution in [3.63, 3.8) is 0 Å². The molecule has 118 valence electrons. The maximum atomic E-state index is 13.8. The van der Waals surface area contributed by atoms with E-state index in [1.165, 1.54) is 16.4 Å². The van der Waals surface area contributed by atoms with Gasteiger partial charge in [0.25, 0.3) is 0 Å². The van der Waals surface area contributed by atoms with Crippen LogP contribution in [0.4, 0.5) is 4.39 Å². The molecule has 1 fully saturated rings. The molecule has 0 aliphatic carbocycles. The molecule has 1 aliphatic heterocycles. The minimum absolute atomic E-state index is 0.0443. The first-order valence-corrected chi connectivity index (χ1v) is 9.62. The topological polar surface area (TPSA) is 37.4 Å². The minimum Gasteiger partial charge on any atom is -0.207 e. The summed E-state index contributed by atoms with van der Waals surface area (Å²) < 4.78 is 40.7. The van der Waals surface area contributed by atoms with E-state index >= 15 is 0 Å². The molecule has 0 N–H and O–H groups in total. The third kappa shape index (κ3) is 3.55. The van der Waals surface area contributed by atoms with Gasteiger partial charge in [-0.05, 0) is 38.5 Å². The van der Waals surface area contributed by atoms with E-state index in [1.54, 1.807) is 18.7 Å². The van der Waals surface area contributed by atoms with Gasteiger partial charge in [-0.25, -0.2) is 12.8 Å². The molecule has 1 aromatic rings. The molecule has 1 saturated heterocycles. The summed E-state index contributed by atoms with van der Waals surface area (Å²) >= 11 is 7.47. The van der Waals surface area contributed by atoms with Gasteiger partial charge in [-0.15, -0.1) is 11.6 Å². The fourth-order valence-electron chi connectivity index (χ4n) is 2.38. The van der Waals surface area contributed by atoms with Crippen molar-refractivity contribution in [1.82, 2.24) is 4.31 Å². The lowest BCUT2D eigenvalue weighted by atomic mass is 10.1. The average molecular weight is 352 g/mol. The molecule has 1 heterocycles. The zero-order valence-corrected chi connectivity index (χ0v) is 14.7. The Labute approximate surface area is 134 Å². The van der Waals surface area contributed by atoms with Gasteiger partial charge in [0.1, 0.15) is 5.82 Å². The van der Waals surface area contributed by atoms with Crippen molar-refractivity contribution in [2.75, 3.05) is 18.8 Å². The number of hydrogen-bond acceptors (Lipinski definition) is 3. The van der Waals surface area contributed by atoms with Gasteiger partial charge in [-0.2, -0.15) is 16.1 Å². The Morgan fingerprint density at radius 3 is 2.67 bits per heavy atom. The van der Waals surface area contributed by atoms with Crippen LogP contribution in [0.15, 0.2) is 17.0 Å². The molecule has 7 heteroatoms. The highest BCUT2D eigenvalue weighted by atomic mass is 35.5. The van der Waals surface area contributed by atoms with Gasteiger partial charge in [-0.3, -0.25) is 0 Å². The van der Waals surface area contributed by atoms with Crippen molar-refractivity contribution in [3.05, 3.63) is 29.1 Å². The monoisotopic (exact) mass is 351 g/mol. The van der Waals surface area contributed by atoms with Crippen molar-refractivity contribution in [2.24, 2.45) is 0 Å². The van der Waals surface area contributed by atoms with E-state index in [-0.39, 0.29) is 21.1 Å². The summed E-state index contributed by atoms with van der Waals surface area (Å²) in [4.78, 5) is 0.125. The summed E-state index contributed by atoms with van der Waals surface area (Å²) in [5.41, 5.74) is 0.526. The van der Waals surface area contributed by atoms with Gasteiger partial charge in [-0.1, -0.05) is 0 Å². The Morgan fingerprint density at radius 1 is 1.43 bits per heavy atom. The van der Waals surface area contributed by atoms with Gasteiger partial charge < -0.3 is 0 Å². The van der Waals surface area contributed by atoms with Crippen LogP contribution in [0, 0.1) is 12.7 Å². The van der Waals surface area contributed by atoms with Crippen LogP contribution in [0.3, 0.4) is 0 Å². The Kier molecular flexibility index (Phi) is 4.93. The third-order valence-electron chi connectivity index (χ3n) is 3.48. The molecule has 1 aliphatic rings. The summed E-state index contributed by atoms with van der Waals surface area (Å²) in [5.74, 6) is 0.282. The van der Waals surface area contributed by atoms with Gasteiger partial charge in [0.05, 0.1) is 10.8 Å². The fourth-order valence-corrected chi connectivity index (χ4v) is 5.62. The van der Waals surface area contributed by atoms with Crippen molar-refractivity contribution in [3.8, 4) is 0 Å². The molecule has 0 unspecified atom stereocenters. The first-order chi connectivity index (χ1) is 9.67. The maximum absolute atomic E-state index is 13.8. The average Bonchev–Trinajstić information content (AvgIpc) is 2.40. The summed E-state index contributed by atoms with van der Waals surface area (Å²) in [5, 5.41) is 0. The van der Waals surface area contributed by atoms with Gasteiger partial charge >= 0.3 is 0 Å². The third-order valence-corrected chi connectivity index (χ3v) is 6.88. The van der Waals surface area contributed by atoms with Crippen molar-refractivity contribution in [2.45, 2.75) is 36.3 Å². The molecule has 0 spiro atoms. The molecule has 2 rings (SSSR count). The first kappa shape index (κ1) is 17.1. The van der Waals surface area contributed by atoms with Gasteiger partial charge in [0.2, 0.25) is 10.0 Å². The highest BCUT2D eigenvalue weighted by Crippen LogP contribution is 2.33. The normalized spacial score (nSPS) is 19.7. The molecule has 21 heavy (non-hydrogen) atoms. The Hall–Kier alpha value is -0.300. The molecular formula is C14H19ClFNO2S2. The molecule has 0 aromatic heterocycles. The van der Waals surface area contributed by atoms with E-state index in [4.69, 9.17) is 11.6 Å². The zero-order valence-electron chi connectivity index (χ0n) is 12.3. The second kappa shape index (κ2) is 6.07. The number of sulfonamides is 1. The summed E-state index contributed by atoms with van der Waals surface area (Å²) in [7, 11) is -3.61. The molecule has 3 nitrogen and oxygen atoms in total. The number of halogens is 2. The highest BCUT2D eigenvalue weighted by molar-refractivity contribution is 8.00. The standard InChI is InChI=1S/C14H19ClFNO2S2/c1-10-6-12(7-11(8-15)13(10)16)21(18,19)17-4-5-20-14(2,3)9-17/h6-7H,4-5,8-9H2,1-3H3. The van der Waals surface area contributed by atoms with E-state index in [2.05, 4.69) is 0 Å².